The highest BCUT2D eigenvalue weighted by Gasteiger charge is 2.26. The molecule has 0 fully saturated rings. The molecule has 2 aromatic carbocycles. The summed E-state index contributed by atoms with van der Waals surface area (Å²) in [6.07, 6.45) is 0.486. The van der Waals surface area contributed by atoms with Gasteiger partial charge in [0.25, 0.3) is 5.91 Å². The van der Waals surface area contributed by atoms with E-state index in [4.69, 9.17) is 32.7 Å². The van der Waals surface area contributed by atoms with Gasteiger partial charge in [-0.3, -0.25) is 9.59 Å². The summed E-state index contributed by atoms with van der Waals surface area (Å²) < 4.78 is 10.6. The SMILES string of the molecule is COc1ccc(CN(C)C(=O)C(CC(C)C)NC(=O)c2ccc(Cl)cc2Cl)c(OC)c1. The van der Waals surface area contributed by atoms with E-state index in [-0.39, 0.29) is 22.4 Å². The van der Waals surface area contributed by atoms with Crippen molar-refractivity contribution in [3.63, 3.8) is 0 Å². The highest BCUT2D eigenvalue weighted by atomic mass is 35.5. The molecule has 0 bridgehead atoms. The molecule has 0 spiro atoms. The number of rotatable bonds is 9. The Bertz CT molecular complexity index is 934. The van der Waals surface area contributed by atoms with Gasteiger partial charge in [0, 0.05) is 30.2 Å². The third-order valence-corrected chi connectivity index (χ3v) is 5.31. The van der Waals surface area contributed by atoms with E-state index < -0.39 is 11.9 Å². The molecular weight excluding hydrogens is 439 g/mol. The third-order valence-electron chi connectivity index (χ3n) is 4.76. The number of nitrogens with one attached hydrogen (secondary N) is 1. The van der Waals surface area contributed by atoms with Crippen LogP contribution in [-0.2, 0) is 11.3 Å². The molecule has 0 saturated carbocycles. The van der Waals surface area contributed by atoms with Crippen molar-refractivity contribution in [2.45, 2.75) is 32.9 Å². The zero-order valence-corrected chi connectivity index (χ0v) is 19.9. The summed E-state index contributed by atoms with van der Waals surface area (Å²) in [5, 5.41) is 3.50. The van der Waals surface area contributed by atoms with Crippen LogP contribution in [0.3, 0.4) is 0 Å². The van der Waals surface area contributed by atoms with Gasteiger partial charge in [0.05, 0.1) is 24.8 Å². The fraction of sp³-hybridized carbons (Fsp3) is 0.391. The molecule has 1 atom stereocenters. The normalized spacial score (nSPS) is 11.7. The van der Waals surface area contributed by atoms with Gasteiger partial charge >= 0.3 is 0 Å². The summed E-state index contributed by atoms with van der Waals surface area (Å²) in [6, 6.07) is 9.36. The van der Waals surface area contributed by atoms with Gasteiger partial charge in [-0.1, -0.05) is 37.0 Å². The standard InChI is InChI=1S/C23H28Cl2N2O4/c1-14(2)10-20(26-22(28)18-9-7-16(24)11-19(18)25)23(29)27(3)13-15-6-8-17(30-4)12-21(15)31-5/h6-9,11-12,14,20H,10,13H2,1-5H3,(H,26,28). The van der Waals surface area contributed by atoms with Crippen molar-refractivity contribution in [3.8, 4) is 11.5 Å². The van der Waals surface area contributed by atoms with E-state index in [1.807, 2.05) is 26.0 Å². The van der Waals surface area contributed by atoms with Crippen molar-refractivity contribution in [2.75, 3.05) is 21.3 Å². The highest BCUT2D eigenvalue weighted by Crippen LogP contribution is 2.26. The summed E-state index contributed by atoms with van der Waals surface area (Å²) in [4.78, 5) is 27.6. The predicted molar refractivity (Wildman–Crippen MR) is 123 cm³/mol. The number of carbonyl (C=O) groups is 2. The molecule has 0 aliphatic heterocycles. The Balaban J connectivity index is 2.19. The van der Waals surface area contributed by atoms with E-state index in [1.165, 1.54) is 6.07 Å². The lowest BCUT2D eigenvalue weighted by molar-refractivity contribution is -0.132. The van der Waals surface area contributed by atoms with Crippen molar-refractivity contribution in [2.24, 2.45) is 5.92 Å². The molecule has 6 nitrogen and oxygen atoms in total. The average molecular weight is 467 g/mol. The van der Waals surface area contributed by atoms with E-state index >= 15 is 0 Å². The number of ether oxygens (including phenoxy) is 2. The van der Waals surface area contributed by atoms with Crippen molar-refractivity contribution >= 4 is 35.0 Å². The Morgan fingerprint density at radius 2 is 1.77 bits per heavy atom. The number of nitrogens with zero attached hydrogens (tertiary/aromatic N) is 1. The van der Waals surface area contributed by atoms with E-state index in [0.29, 0.717) is 29.5 Å². The fourth-order valence-corrected chi connectivity index (χ4v) is 3.68. The number of amides is 2. The van der Waals surface area contributed by atoms with Crippen LogP contribution in [0.15, 0.2) is 36.4 Å². The summed E-state index contributed by atoms with van der Waals surface area (Å²) in [5.41, 5.74) is 1.10. The molecule has 0 aliphatic rings. The molecule has 0 radical (unpaired) electrons. The first kappa shape index (κ1) is 24.8. The van der Waals surface area contributed by atoms with Crippen molar-refractivity contribution in [1.29, 1.82) is 0 Å². The number of hydrogen-bond acceptors (Lipinski definition) is 4. The molecule has 1 N–H and O–H groups in total. The first-order valence-corrected chi connectivity index (χ1v) is 10.6. The second kappa shape index (κ2) is 11.3. The summed E-state index contributed by atoms with van der Waals surface area (Å²) in [7, 11) is 4.84. The Morgan fingerprint density at radius 3 is 2.35 bits per heavy atom. The van der Waals surface area contributed by atoms with Crippen LogP contribution in [0, 0.1) is 5.92 Å². The van der Waals surface area contributed by atoms with Gasteiger partial charge < -0.3 is 19.7 Å². The molecule has 0 heterocycles. The molecule has 1 unspecified atom stereocenters. The largest absolute Gasteiger partial charge is 0.497 e. The van der Waals surface area contributed by atoms with Gasteiger partial charge in [-0.2, -0.15) is 0 Å². The minimum atomic E-state index is -0.700. The van der Waals surface area contributed by atoms with Gasteiger partial charge in [-0.05, 0) is 42.7 Å². The minimum absolute atomic E-state index is 0.193. The Morgan fingerprint density at radius 1 is 1.06 bits per heavy atom. The van der Waals surface area contributed by atoms with E-state index in [0.717, 1.165) is 5.56 Å². The first-order valence-electron chi connectivity index (χ1n) is 9.88. The number of hydrogen-bond donors (Lipinski definition) is 1. The van der Waals surface area contributed by atoms with Gasteiger partial charge in [0.15, 0.2) is 0 Å². The number of benzene rings is 2. The number of likely N-dealkylation sites (N-methyl/N-ethyl adjacent to an activating group) is 1. The zero-order valence-electron chi connectivity index (χ0n) is 18.4. The van der Waals surface area contributed by atoms with Crippen LogP contribution in [0.25, 0.3) is 0 Å². The molecular formula is C23H28Cl2N2O4. The van der Waals surface area contributed by atoms with Crippen molar-refractivity contribution in [1.82, 2.24) is 10.2 Å². The lowest BCUT2D eigenvalue weighted by atomic mass is 10.0. The summed E-state index contributed by atoms with van der Waals surface area (Å²) in [5.74, 6) is 0.857. The van der Waals surface area contributed by atoms with Crippen LogP contribution in [0.5, 0.6) is 11.5 Å². The Labute approximate surface area is 193 Å². The topological polar surface area (TPSA) is 67.9 Å². The maximum Gasteiger partial charge on any atom is 0.253 e. The zero-order chi connectivity index (χ0) is 23.1. The van der Waals surface area contributed by atoms with Crippen LogP contribution in [0.4, 0.5) is 0 Å². The second-order valence-corrected chi connectivity index (χ2v) is 8.50. The molecule has 2 rings (SSSR count). The smallest absolute Gasteiger partial charge is 0.253 e. The number of halogens is 2. The maximum atomic E-state index is 13.2. The van der Waals surface area contributed by atoms with Crippen LogP contribution in [0.1, 0.15) is 36.2 Å². The quantitative estimate of drug-likeness (QED) is 0.575. The molecule has 0 aliphatic carbocycles. The monoisotopic (exact) mass is 466 g/mol. The fourth-order valence-electron chi connectivity index (χ4n) is 3.18. The van der Waals surface area contributed by atoms with E-state index in [9.17, 15) is 9.59 Å². The minimum Gasteiger partial charge on any atom is -0.497 e. The highest BCUT2D eigenvalue weighted by molar-refractivity contribution is 6.36. The predicted octanol–water partition coefficient (Wildman–Crippen LogP) is 4.81. The maximum absolute atomic E-state index is 13.2. The molecule has 0 aromatic heterocycles. The molecule has 2 aromatic rings. The Kier molecular flexibility index (Phi) is 9.01. The molecule has 8 heteroatoms. The Hall–Kier alpha value is -2.44. The molecule has 0 saturated heterocycles. The molecule has 31 heavy (non-hydrogen) atoms. The van der Waals surface area contributed by atoms with Crippen molar-refractivity contribution in [3.05, 3.63) is 57.6 Å². The first-order chi connectivity index (χ1) is 14.7. The van der Waals surface area contributed by atoms with Gasteiger partial charge in [-0.25, -0.2) is 0 Å². The van der Waals surface area contributed by atoms with Gasteiger partial charge in [0.1, 0.15) is 17.5 Å². The molecule has 2 amide bonds. The lowest BCUT2D eigenvalue weighted by Gasteiger charge is -2.26. The van der Waals surface area contributed by atoms with Crippen LogP contribution >= 0.6 is 23.2 Å². The van der Waals surface area contributed by atoms with Crippen LogP contribution in [0.2, 0.25) is 10.0 Å². The number of methoxy groups -OCH3 is 2. The average Bonchev–Trinajstić information content (AvgIpc) is 2.72. The van der Waals surface area contributed by atoms with Gasteiger partial charge in [0.2, 0.25) is 5.91 Å². The van der Waals surface area contributed by atoms with E-state index in [2.05, 4.69) is 5.32 Å². The van der Waals surface area contributed by atoms with E-state index in [1.54, 1.807) is 44.4 Å². The third kappa shape index (κ3) is 6.77. The molecule has 168 valence electrons. The summed E-state index contributed by atoms with van der Waals surface area (Å²) in [6.45, 7) is 4.31. The number of carbonyl (C=O) groups excluding carboxylic acids is 2. The van der Waals surface area contributed by atoms with Crippen LogP contribution in [-0.4, -0.2) is 44.0 Å². The summed E-state index contributed by atoms with van der Waals surface area (Å²) >= 11 is 12.1. The second-order valence-electron chi connectivity index (χ2n) is 7.65. The van der Waals surface area contributed by atoms with Gasteiger partial charge in [-0.15, -0.1) is 0 Å². The van der Waals surface area contributed by atoms with Crippen molar-refractivity contribution < 1.29 is 19.1 Å². The van der Waals surface area contributed by atoms with Crippen LogP contribution < -0.4 is 14.8 Å². The lowest BCUT2D eigenvalue weighted by Crippen LogP contribution is -2.47.